The van der Waals surface area contributed by atoms with Crippen LogP contribution in [0.25, 0.3) is 11.2 Å². The quantitative estimate of drug-likeness (QED) is 0.501. The number of aromatic nitrogens is 5. The van der Waals surface area contributed by atoms with Crippen molar-refractivity contribution in [3.8, 4) is 17.6 Å². The largest absolute Gasteiger partial charge is 0.484 e. The molecule has 0 bridgehead atoms. The van der Waals surface area contributed by atoms with Crippen molar-refractivity contribution in [3.63, 3.8) is 0 Å². The van der Waals surface area contributed by atoms with Crippen LogP contribution in [0.2, 0.25) is 0 Å². The second-order valence-electron chi connectivity index (χ2n) is 11.0. The van der Waals surface area contributed by atoms with Crippen LogP contribution in [-0.2, 0) is 20.0 Å². The Morgan fingerprint density at radius 3 is 2.68 bits per heavy atom. The molecular weight excluding hydrogens is 484 g/mol. The van der Waals surface area contributed by atoms with E-state index in [0.717, 1.165) is 18.0 Å². The van der Waals surface area contributed by atoms with E-state index in [1.54, 1.807) is 13.2 Å². The van der Waals surface area contributed by atoms with E-state index in [4.69, 9.17) is 19.4 Å². The predicted octanol–water partition coefficient (Wildman–Crippen LogP) is 2.82. The van der Waals surface area contributed by atoms with Gasteiger partial charge in [-0.1, -0.05) is 0 Å². The van der Waals surface area contributed by atoms with Crippen molar-refractivity contribution >= 4 is 17.0 Å². The smallest absolute Gasteiger partial charge is 0.350 e. The highest BCUT2D eigenvalue weighted by atomic mass is 16.6. The molecule has 1 unspecified atom stereocenters. The van der Waals surface area contributed by atoms with Gasteiger partial charge in [-0.2, -0.15) is 10.2 Å². The van der Waals surface area contributed by atoms with Crippen LogP contribution in [0.1, 0.15) is 59.1 Å². The van der Waals surface area contributed by atoms with Gasteiger partial charge in [-0.3, -0.25) is 14.5 Å². The fraction of sp³-hybridized carbons (Fsp3) is 0.593. The summed E-state index contributed by atoms with van der Waals surface area (Å²) in [6.45, 7) is 15.0. The van der Waals surface area contributed by atoms with Crippen LogP contribution in [0, 0.1) is 11.3 Å². The number of ether oxygens (including phenoxy) is 2. The second-order valence-corrected chi connectivity index (χ2v) is 11.0. The topological polar surface area (TPSA) is 114 Å². The number of hydrogen-bond donors (Lipinski definition) is 0. The van der Waals surface area contributed by atoms with Gasteiger partial charge in [0.1, 0.15) is 29.2 Å². The van der Waals surface area contributed by atoms with Crippen LogP contribution < -0.4 is 20.1 Å². The SMILES string of the molecule is CCn1c(CC#N)nc2c(N3C[C@@H](C)N(C(C)c4cc5c(cn4)OCC(C)(C)O5)C[C@@H]3C)nc(=O)n(C)c21. The van der Waals surface area contributed by atoms with Gasteiger partial charge < -0.3 is 18.9 Å². The van der Waals surface area contributed by atoms with E-state index >= 15 is 0 Å². The van der Waals surface area contributed by atoms with E-state index in [1.807, 2.05) is 31.4 Å². The monoisotopic (exact) mass is 520 g/mol. The Balaban J connectivity index is 1.45. The van der Waals surface area contributed by atoms with Crippen LogP contribution in [0.15, 0.2) is 17.1 Å². The highest BCUT2D eigenvalue weighted by Crippen LogP contribution is 2.38. The van der Waals surface area contributed by atoms with Crippen molar-refractivity contribution in [1.82, 2.24) is 29.0 Å². The molecule has 0 radical (unpaired) electrons. The van der Waals surface area contributed by atoms with Gasteiger partial charge in [-0.05, 0) is 41.5 Å². The Labute approximate surface area is 222 Å². The number of hydrogen-bond acceptors (Lipinski definition) is 9. The van der Waals surface area contributed by atoms with E-state index < -0.39 is 0 Å². The summed E-state index contributed by atoms with van der Waals surface area (Å²) < 4.78 is 15.5. The van der Waals surface area contributed by atoms with E-state index in [2.05, 4.69) is 41.6 Å². The number of fused-ring (bicyclic) bond motifs is 2. The third-order valence-electron chi connectivity index (χ3n) is 7.64. The minimum absolute atomic E-state index is 0.0479. The molecule has 0 aromatic carbocycles. The average molecular weight is 521 g/mol. The molecule has 1 fully saturated rings. The first kappa shape index (κ1) is 26.0. The van der Waals surface area contributed by atoms with Crippen molar-refractivity contribution < 1.29 is 9.47 Å². The number of anilines is 1. The van der Waals surface area contributed by atoms with Crippen molar-refractivity contribution in [3.05, 3.63) is 34.3 Å². The molecule has 3 aromatic rings. The number of rotatable bonds is 5. The molecule has 38 heavy (non-hydrogen) atoms. The van der Waals surface area contributed by atoms with Crippen LogP contribution in [-0.4, -0.2) is 66.4 Å². The lowest BCUT2D eigenvalue weighted by Crippen LogP contribution is -2.57. The summed E-state index contributed by atoms with van der Waals surface area (Å²) >= 11 is 0. The molecule has 11 heteroatoms. The van der Waals surface area contributed by atoms with Crippen molar-refractivity contribution in [2.24, 2.45) is 7.05 Å². The summed E-state index contributed by atoms with van der Waals surface area (Å²) in [4.78, 5) is 31.5. The highest BCUT2D eigenvalue weighted by Gasteiger charge is 2.36. The van der Waals surface area contributed by atoms with Crippen molar-refractivity contribution in [1.29, 1.82) is 5.26 Å². The van der Waals surface area contributed by atoms with E-state index in [0.29, 0.717) is 48.3 Å². The summed E-state index contributed by atoms with van der Waals surface area (Å²) in [5, 5.41) is 9.33. The Morgan fingerprint density at radius 2 is 1.97 bits per heavy atom. The average Bonchev–Trinajstić information content (AvgIpc) is 3.24. The van der Waals surface area contributed by atoms with Crippen LogP contribution in [0.4, 0.5) is 5.82 Å². The Bertz CT molecular complexity index is 1470. The maximum absolute atomic E-state index is 12.9. The lowest BCUT2D eigenvalue weighted by atomic mass is 10.0. The maximum atomic E-state index is 12.9. The van der Waals surface area contributed by atoms with Gasteiger partial charge in [0.05, 0.1) is 24.4 Å². The number of pyridine rings is 1. The normalized spacial score (nSPS) is 21.9. The molecule has 5 heterocycles. The summed E-state index contributed by atoms with van der Waals surface area (Å²) in [7, 11) is 1.71. The number of piperazine rings is 1. The van der Waals surface area contributed by atoms with Crippen molar-refractivity contribution in [2.75, 3.05) is 24.6 Å². The first-order valence-electron chi connectivity index (χ1n) is 13.2. The third kappa shape index (κ3) is 4.36. The van der Waals surface area contributed by atoms with Crippen LogP contribution in [0.3, 0.4) is 0 Å². The van der Waals surface area contributed by atoms with Gasteiger partial charge in [-0.25, -0.2) is 9.78 Å². The minimum atomic E-state index is -0.384. The zero-order valence-corrected chi connectivity index (χ0v) is 23.2. The zero-order valence-electron chi connectivity index (χ0n) is 23.2. The van der Waals surface area contributed by atoms with Crippen LogP contribution in [0.5, 0.6) is 11.5 Å². The minimum Gasteiger partial charge on any atom is -0.484 e. The number of nitrogens with zero attached hydrogens (tertiary/aromatic N) is 8. The molecule has 0 amide bonds. The standard InChI is InChI=1S/C27H36N8O3/c1-8-33-22(9-10-28)30-23-24(31-26(36)32(7)25(23)33)35-14-16(2)34(13-17(35)3)18(4)19-11-20-21(12-29-19)37-15-27(5,6)38-20/h11-12,16-18H,8-9,13-15H2,1-7H3/t16-,17+,18?/m1/s1. The maximum Gasteiger partial charge on any atom is 0.350 e. The molecule has 1 saturated heterocycles. The van der Waals surface area contributed by atoms with Gasteiger partial charge in [0.2, 0.25) is 0 Å². The number of imidazole rings is 1. The molecule has 0 N–H and O–H groups in total. The molecule has 3 atom stereocenters. The van der Waals surface area contributed by atoms with Gasteiger partial charge in [0.15, 0.2) is 17.3 Å². The molecule has 11 nitrogen and oxygen atoms in total. The molecule has 2 aliphatic heterocycles. The summed E-state index contributed by atoms with van der Waals surface area (Å²) in [6.07, 6.45) is 1.93. The van der Waals surface area contributed by atoms with Gasteiger partial charge in [-0.15, -0.1) is 0 Å². The number of aryl methyl sites for hydroxylation is 2. The van der Waals surface area contributed by atoms with Gasteiger partial charge >= 0.3 is 5.69 Å². The zero-order chi connectivity index (χ0) is 27.4. The van der Waals surface area contributed by atoms with E-state index in [1.165, 1.54) is 4.57 Å². The molecular formula is C27H36N8O3. The molecule has 2 aliphatic rings. The number of nitriles is 1. The Hall–Kier alpha value is -3.65. The summed E-state index contributed by atoms with van der Waals surface area (Å²) in [5.74, 6) is 2.63. The Morgan fingerprint density at radius 1 is 1.21 bits per heavy atom. The van der Waals surface area contributed by atoms with Crippen molar-refractivity contribution in [2.45, 2.75) is 78.2 Å². The van der Waals surface area contributed by atoms with E-state index in [9.17, 15) is 10.1 Å². The summed E-state index contributed by atoms with van der Waals surface area (Å²) in [6, 6.07) is 4.45. The molecule has 0 aliphatic carbocycles. The fourth-order valence-electron chi connectivity index (χ4n) is 5.62. The predicted molar refractivity (Wildman–Crippen MR) is 144 cm³/mol. The first-order chi connectivity index (χ1) is 18.0. The third-order valence-corrected chi connectivity index (χ3v) is 7.64. The first-order valence-corrected chi connectivity index (χ1v) is 13.2. The fourth-order valence-corrected chi connectivity index (χ4v) is 5.62. The molecule has 202 valence electrons. The highest BCUT2D eigenvalue weighted by molar-refractivity contribution is 5.84. The molecule has 3 aromatic heterocycles. The molecule has 5 rings (SSSR count). The van der Waals surface area contributed by atoms with Crippen LogP contribution >= 0.6 is 0 Å². The van der Waals surface area contributed by atoms with E-state index in [-0.39, 0.29) is 35.8 Å². The Kier molecular flexibility index (Phi) is 6.55. The molecule has 0 saturated carbocycles. The second kappa shape index (κ2) is 9.58. The lowest BCUT2D eigenvalue weighted by Gasteiger charge is -2.47. The van der Waals surface area contributed by atoms with Gasteiger partial charge in [0, 0.05) is 50.9 Å². The molecule has 0 spiro atoms. The van der Waals surface area contributed by atoms with Gasteiger partial charge in [0.25, 0.3) is 0 Å². The summed E-state index contributed by atoms with van der Waals surface area (Å²) in [5.41, 5.74) is 1.58. The lowest BCUT2D eigenvalue weighted by molar-refractivity contribution is 0.0204.